The highest BCUT2D eigenvalue weighted by Crippen LogP contribution is 2.06. The Labute approximate surface area is 87.7 Å². The van der Waals surface area contributed by atoms with Crippen molar-refractivity contribution in [1.82, 2.24) is 0 Å². The van der Waals surface area contributed by atoms with Gasteiger partial charge in [0.1, 0.15) is 7.85 Å². The topological polar surface area (TPSA) is 34.1 Å². The van der Waals surface area contributed by atoms with Crippen LogP contribution in [-0.2, 0) is 9.84 Å². The molecule has 0 N–H and O–H groups in total. The van der Waals surface area contributed by atoms with E-state index in [2.05, 4.69) is 0 Å². The van der Waals surface area contributed by atoms with Gasteiger partial charge in [0, 0.05) is 0 Å². The second-order valence-electron chi connectivity index (χ2n) is 2.44. The maximum Gasteiger partial charge on any atom is 0.177 e. The van der Waals surface area contributed by atoms with Gasteiger partial charge in [-0.25, -0.2) is 8.42 Å². The Kier molecular flexibility index (Phi) is 5.54. The summed E-state index contributed by atoms with van der Waals surface area (Å²) in [5.74, 6) is 0.0845. The van der Waals surface area contributed by atoms with Crippen molar-refractivity contribution in [2.24, 2.45) is 0 Å². The lowest BCUT2D eigenvalue weighted by Gasteiger charge is -2.04. The molecule has 0 aliphatic carbocycles. The van der Waals surface area contributed by atoms with E-state index in [1.165, 1.54) is 6.07 Å². The van der Waals surface area contributed by atoms with Gasteiger partial charge >= 0.3 is 0 Å². The van der Waals surface area contributed by atoms with E-state index in [0.717, 1.165) is 0 Å². The van der Waals surface area contributed by atoms with Gasteiger partial charge in [0.15, 0.2) is 9.84 Å². The molecule has 2 nitrogen and oxygen atoms in total. The third-order valence-electron chi connectivity index (χ3n) is 1.63. The molecule has 1 aromatic carbocycles. The number of hydrogen-bond donors (Lipinski definition) is 0. The lowest BCUT2D eigenvalue weighted by atomic mass is 9.97. The zero-order valence-electron chi connectivity index (χ0n) is 8.82. The van der Waals surface area contributed by atoms with Crippen molar-refractivity contribution in [1.29, 1.82) is 0 Å². The fraction of sp³-hybridized carbons (Fsp3) is 0.400. The Morgan fingerprint density at radius 3 is 2.14 bits per heavy atom. The minimum atomic E-state index is -3.15. The number of benzene rings is 1. The molecular weight excluding hydrogens is 195 g/mol. The molecule has 0 atom stereocenters. The molecule has 0 aliphatic rings. The van der Waals surface area contributed by atoms with Crippen molar-refractivity contribution in [3.8, 4) is 0 Å². The van der Waals surface area contributed by atoms with Crippen LogP contribution in [0.1, 0.15) is 20.8 Å². The van der Waals surface area contributed by atoms with Gasteiger partial charge in [0.25, 0.3) is 0 Å². The van der Waals surface area contributed by atoms with E-state index < -0.39 is 9.84 Å². The van der Waals surface area contributed by atoms with Crippen molar-refractivity contribution >= 4 is 23.1 Å². The highest BCUT2D eigenvalue weighted by Gasteiger charge is 2.12. The molecule has 14 heavy (non-hydrogen) atoms. The van der Waals surface area contributed by atoms with Crippen molar-refractivity contribution in [2.75, 3.05) is 5.75 Å². The molecule has 0 fully saturated rings. The van der Waals surface area contributed by atoms with E-state index in [1.54, 1.807) is 25.1 Å². The monoisotopic (exact) mass is 210 g/mol. The summed E-state index contributed by atoms with van der Waals surface area (Å²) in [4.78, 5) is 0.229. The maximum atomic E-state index is 11.3. The molecule has 0 bridgehead atoms. The normalized spacial score (nSPS) is 10.2. The number of rotatable bonds is 2. The van der Waals surface area contributed by atoms with Crippen molar-refractivity contribution in [3.63, 3.8) is 0 Å². The predicted octanol–water partition coefficient (Wildman–Crippen LogP) is 1.30. The first-order valence-electron chi connectivity index (χ1n) is 4.65. The summed E-state index contributed by atoms with van der Waals surface area (Å²) in [5, 5.41) is 0. The quantitative estimate of drug-likeness (QED) is 0.689. The molecule has 0 unspecified atom stereocenters. The molecule has 1 aromatic rings. The zero-order valence-corrected chi connectivity index (χ0v) is 9.64. The summed E-state index contributed by atoms with van der Waals surface area (Å²) in [6.45, 7) is 5.60. The summed E-state index contributed by atoms with van der Waals surface area (Å²) in [6, 6.07) is 6.49. The first kappa shape index (κ1) is 13.2. The smallest absolute Gasteiger partial charge is 0.177 e. The minimum absolute atomic E-state index is 0.0845. The maximum absolute atomic E-state index is 11.3. The fourth-order valence-electron chi connectivity index (χ4n) is 0.919. The van der Waals surface area contributed by atoms with Gasteiger partial charge < -0.3 is 0 Å². The lowest BCUT2D eigenvalue weighted by Crippen LogP contribution is -2.16. The molecule has 0 saturated carbocycles. The summed E-state index contributed by atoms with van der Waals surface area (Å²) in [6.07, 6.45) is 0. The van der Waals surface area contributed by atoms with Gasteiger partial charge in [0.2, 0.25) is 0 Å². The van der Waals surface area contributed by atoms with E-state index in [1.807, 2.05) is 13.8 Å². The van der Waals surface area contributed by atoms with Gasteiger partial charge in [-0.3, -0.25) is 0 Å². The third-order valence-corrected chi connectivity index (χ3v) is 3.44. The van der Waals surface area contributed by atoms with Crippen molar-refractivity contribution < 1.29 is 8.42 Å². The van der Waals surface area contributed by atoms with Crippen LogP contribution >= 0.6 is 0 Å². The predicted molar refractivity (Wildman–Crippen MR) is 60.9 cm³/mol. The molecule has 0 spiro atoms. The minimum Gasteiger partial charge on any atom is -0.224 e. The average Bonchev–Trinajstić information content (AvgIpc) is 2.21. The molecule has 0 saturated heterocycles. The van der Waals surface area contributed by atoms with Crippen LogP contribution in [0.3, 0.4) is 0 Å². The SMILES string of the molecule is CC.[B]c1ccccc1S(=O)(=O)CC. The summed E-state index contributed by atoms with van der Waals surface area (Å²) < 4.78 is 22.7. The zero-order chi connectivity index (χ0) is 11.2. The Bertz CT molecular complexity index is 371. The summed E-state index contributed by atoms with van der Waals surface area (Å²) >= 11 is 0. The first-order valence-corrected chi connectivity index (χ1v) is 6.30. The molecule has 2 radical (unpaired) electrons. The highest BCUT2D eigenvalue weighted by molar-refractivity contribution is 7.91. The van der Waals surface area contributed by atoms with Crippen LogP contribution in [0, 0.1) is 0 Å². The molecule has 0 heterocycles. The van der Waals surface area contributed by atoms with E-state index >= 15 is 0 Å². The number of sulfone groups is 1. The van der Waals surface area contributed by atoms with Gasteiger partial charge in [-0.2, -0.15) is 0 Å². The lowest BCUT2D eigenvalue weighted by molar-refractivity contribution is 0.598. The van der Waals surface area contributed by atoms with Crippen LogP contribution in [-0.4, -0.2) is 22.0 Å². The van der Waals surface area contributed by atoms with Crippen LogP contribution in [0.4, 0.5) is 0 Å². The van der Waals surface area contributed by atoms with E-state index in [9.17, 15) is 8.42 Å². The Morgan fingerprint density at radius 1 is 1.21 bits per heavy atom. The average molecular weight is 210 g/mol. The van der Waals surface area contributed by atoms with Crippen LogP contribution in [0.5, 0.6) is 0 Å². The fourth-order valence-corrected chi connectivity index (χ4v) is 1.94. The molecule has 0 aromatic heterocycles. The van der Waals surface area contributed by atoms with Crippen LogP contribution in [0.15, 0.2) is 29.2 Å². The van der Waals surface area contributed by atoms with E-state index in [-0.39, 0.29) is 10.6 Å². The van der Waals surface area contributed by atoms with E-state index in [0.29, 0.717) is 5.46 Å². The Morgan fingerprint density at radius 2 is 1.71 bits per heavy atom. The Balaban J connectivity index is 0.000000791. The van der Waals surface area contributed by atoms with Crippen LogP contribution in [0.2, 0.25) is 0 Å². The number of hydrogen-bond acceptors (Lipinski definition) is 2. The molecule has 0 amide bonds. The van der Waals surface area contributed by atoms with Crippen LogP contribution < -0.4 is 5.46 Å². The van der Waals surface area contributed by atoms with Gasteiger partial charge in [0.05, 0.1) is 10.6 Å². The molecule has 76 valence electrons. The third kappa shape index (κ3) is 3.18. The first-order chi connectivity index (χ1) is 6.58. The summed E-state index contributed by atoms with van der Waals surface area (Å²) in [5.41, 5.74) is 0.319. The molecule has 0 aliphatic heterocycles. The van der Waals surface area contributed by atoms with Gasteiger partial charge in [-0.1, -0.05) is 44.4 Å². The largest absolute Gasteiger partial charge is 0.224 e. The van der Waals surface area contributed by atoms with Gasteiger partial charge in [-0.15, -0.1) is 0 Å². The molecule has 1 rings (SSSR count). The highest BCUT2D eigenvalue weighted by atomic mass is 32.2. The Hall–Kier alpha value is -0.765. The molecule has 4 heteroatoms. The standard InChI is InChI=1S/C8H9BO2S.C2H6/c1-2-12(10,11)8-6-4-3-5-7(8)9;1-2/h3-6H,2H2,1H3;1-2H3. The van der Waals surface area contributed by atoms with E-state index in [4.69, 9.17) is 7.85 Å². The second-order valence-corrected chi connectivity index (χ2v) is 4.69. The van der Waals surface area contributed by atoms with Crippen LogP contribution in [0.25, 0.3) is 0 Å². The van der Waals surface area contributed by atoms with Crippen molar-refractivity contribution in [2.45, 2.75) is 25.7 Å². The van der Waals surface area contributed by atoms with Gasteiger partial charge in [-0.05, 0) is 6.07 Å². The van der Waals surface area contributed by atoms with Crippen molar-refractivity contribution in [3.05, 3.63) is 24.3 Å². The molecular formula is C10H15BO2S. The second kappa shape index (κ2) is 5.86. The summed E-state index contributed by atoms with van der Waals surface area (Å²) in [7, 11) is 2.35.